The van der Waals surface area contributed by atoms with E-state index in [2.05, 4.69) is 61.2 Å². The van der Waals surface area contributed by atoms with Gasteiger partial charge in [0.1, 0.15) is 5.75 Å². The standard InChI is InChI=1S/C35H51NO5/c1-25(2)20-28-7-6-27-21-31(41-24-40-19-18-37-3)12-13-32(27)33(28)26-8-10-30(11-9-26)36-16-14-35(15-17-36)22-29(23-35)34(38-4)39-5/h8-13,21,25,28-29,33-34H,6-7,14-20,22-24H2,1-5H3/t28-,33+/m1/s1. The second kappa shape index (κ2) is 13.9. The minimum Gasteiger partial charge on any atom is -0.468 e. The number of hydrogen-bond acceptors (Lipinski definition) is 6. The SMILES string of the molecule is COCCOCOc1ccc2c(c1)CC[C@H](CC(C)C)[C@@H]2c1ccc(N2CCC3(CC2)CC(C(OC)OC)C3)cc1. The van der Waals surface area contributed by atoms with Crippen molar-refractivity contribution < 1.29 is 23.7 Å². The van der Waals surface area contributed by atoms with E-state index < -0.39 is 0 Å². The van der Waals surface area contributed by atoms with Crippen molar-refractivity contribution in [2.45, 2.75) is 71.0 Å². The van der Waals surface area contributed by atoms with E-state index in [0.717, 1.165) is 25.3 Å². The zero-order valence-corrected chi connectivity index (χ0v) is 25.9. The molecule has 0 bridgehead atoms. The van der Waals surface area contributed by atoms with Crippen LogP contribution in [0.25, 0.3) is 0 Å². The maximum absolute atomic E-state index is 5.89. The van der Waals surface area contributed by atoms with E-state index in [9.17, 15) is 0 Å². The molecular weight excluding hydrogens is 514 g/mol. The molecule has 2 atom stereocenters. The number of anilines is 1. The molecule has 1 saturated heterocycles. The first-order valence-corrected chi connectivity index (χ1v) is 15.7. The molecule has 226 valence electrons. The van der Waals surface area contributed by atoms with Gasteiger partial charge in [-0.1, -0.05) is 32.0 Å². The average molecular weight is 566 g/mol. The predicted octanol–water partition coefficient (Wildman–Crippen LogP) is 7.04. The van der Waals surface area contributed by atoms with Gasteiger partial charge in [-0.2, -0.15) is 0 Å². The molecule has 1 aliphatic heterocycles. The lowest BCUT2D eigenvalue weighted by molar-refractivity contribution is -0.184. The molecule has 0 amide bonds. The van der Waals surface area contributed by atoms with E-state index in [0.29, 0.717) is 42.3 Å². The Morgan fingerprint density at radius 1 is 0.927 bits per heavy atom. The van der Waals surface area contributed by atoms with Crippen LogP contribution in [0, 0.1) is 23.2 Å². The van der Waals surface area contributed by atoms with Crippen molar-refractivity contribution in [3.05, 3.63) is 59.2 Å². The molecule has 2 aromatic rings. The number of hydrogen-bond donors (Lipinski definition) is 0. The molecule has 0 N–H and O–H groups in total. The zero-order chi connectivity index (χ0) is 28.8. The summed E-state index contributed by atoms with van der Waals surface area (Å²) < 4.78 is 27.5. The Bertz CT molecular complexity index is 1080. The number of rotatable bonds is 13. The molecule has 5 rings (SSSR count). The van der Waals surface area contributed by atoms with Crippen LogP contribution in [0.2, 0.25) is 0 Å². The number of aryl methyl sites for hydroxylation is 1. The maximum atomic E-state index is 5.89. The van der Waals surface area contributed by atoms with E-state index in [-0.39, 0.29) is 13.1 Å². The number of benzene rings is 2. The molecule has 3 aliphatic rings. The van der Waals surface area contributed by atoms with Gasteiger partial charge < -0.3 is 28.6 Å². The summed E-state index contributed by atoms with van der Waals surface area (Å²) in [5, 5.41) is 0. The Hall–Kier alpha value is -2.12. The van der Waals surface area contributed by atoms with Gasteiger partial charge in [-0.15, -0.1) is 0 Å². The molecular formula is C35H51NO5. The average Bonchev–Trinajstić information content (AvgIpc) is 2.97. The molecule has 0 aromatic heterocycles. The molecule has 2 fully saturated rings. The van der Waals surface area contributed by atoms with Crippen LogP contribution in [0.4, 0.5) is 5.69 Å². The highest BCUT2D eigenvalue weighted by Crippen LogP contribution is 2.54. The van der Waals surface area contributed by atoms with Gasteiger partial charge in [0.2, 0.25) is 0 Å². The Morgan fingerprint density at radius 2 is 1.66 bits per heavy atom. The third kappa shape index (κ3) is 7.10. The molecule has 0 unspecified atom stereocenters. The van der Waals surface area contributed by atoms with Crippen molar-refractivity contribution in [3.63, 3.8) is 0 Å². The Balaban J connectivity index is 1.24. The van der Waals surface area contributed by atoms with Crippen LogP contribution in [0.3, 0.4) is 0 Å². The van der Waals surface area contributed by atoms with E-state index in [1.54, 1.807) is 21.3 Å². The van der Waals surface area contributed by atoms with Crippen molar-refractivity contribution in [1.29, 1.82) is 0 Å². The van der Waals surface area contributed by atoms with Gasteiger partial charge >= 0.3 is 0 Å². The summed E-state index contributed by atoms with van der Waals surface area (Å²) in [5.74, 6) is 3.20. The molecule has 1 saturated carbocycles. The smallest absolute Gasteiger partial charge is 0.189 e. The van der Waals surface area contributed by atoms with Crippen molar-refractivity contribution in [1.82, 2.24) is 0 Å². The van der Waals surface area contributed by atoms with Gasteiger partial charge in [-0.25, -0.2) is 0 Å². The van der Waals surface area contributed by atoms with Crippen LogP contribution in [0.15, 0.2) is 42.5 Å². The first-order valence-electron chi connectivity index (χ1n) is 15.7. The number of ether oxygens (including phenoxy) is 5. The third-order valence-corrected chi connectivity index (χ3v) is 9.90. The summed E-state index contributed by atoms with van der Waals surface area (Å²) in [6.45, 7) is 8.35. The first kappa shape index (κ1) is 30.3. The highest BCUT2D eigenvalue weighted by molar-refractivity contribution is 5.51. The van der Waals surface area contributed by atoms with Crippen LogP contribution in [0.5, 0.6) is 5.75 Å². The number of nitrogens with zero attached hydrogens (tertiary/aromatic N) is 1. The van der Waals surface area contributed by atoms with Gasteiger partial charge in [0, 0.05) is 51.9 Å². The minimum absolute atomic E-state index is 0.0464. The highest BCUT2D eigenvalue weighted by Gasteiger charge is 2.48. The molecule has 6 heteroatoms. The molecule has 2 aromatic carbocycles. The Labute approximate surface area is 247 Å². The van der Waals surface area contributed by atoms with Gasteiger partial charge in [-0.05, 0) is 103 Å². The lowest BCUT2D eigenvalue weighted by atomic mass is 9.57. The summed E-state index contributed by atoms with van der Waals surface area (Å²) >= 11 is 0. The maximum Gasteiger partial charge on any atom is 0.189 e. The van der Waals surface area contributed by atoms with Gasteiger partial charge in [0.25, 0.3) is 0 Å². The van der Waals surface area contributed by atoms with E-state index >= 15 is 0 Å². The van der Waals surface area contributed by atoms with E-state index in [4.69, 9.17) is 23.7 Å². The second-order valence-electron chi connectivity index (χ2n) is 13.0. The fourth-order valence-electron chi connectivity index (χ4n) is 7.84. The Morgan fingerprint density at radius 3 is 2.32 bits per heavy atom. The van der Waals surface area contributed by atoms with E-state index in [1.807, 2.05) is 0 Å². The monoisotopic (exact) mass is 565 g/mol. The summed E-state index contributed by atoms with van der Waals surface area (Å²) in [6.07, 6.45) is 8.52. The van der Waals surface area contributed by atoms with Crippen LogP contribution in [0.1, 0.15) is 75.0 Å². The molecule has 1 heterocycles. The lowest BCUT2D eigenvalue weighted by Gasteiger charge is -2.54. The third-order valence-electron chi connectivity index (χ3n) is 9.90. The normalized spacial score (nSPS) is 22.3. The van der Waals surface area contributed by atoms with Crippen molar-refractivity contribution in [3.8, 4) is 5.75 Å². The van der Waals surface area contributed by atoms with Crippen LogP contribution >= 0.6 is 0 Å². The van der Waals surface area contributed by atoms with Crippen LogP contribution in [-0.2, 0) is 25.4 Å². The molecule has 0 radical (unpaired) electrons. The summed E-state index contributed by atoms with van der Waals surface area (Å²) in [5.41, 5.74) is 6.17. The fraction of sp³-hybridized carbons (Fsp3) is 0.657. The molecule has 41 heavy (non-hydrogen) atoms. The second-order valence-corrected chi connectivity index (χ2v) is 13.0. The van der Waals surface area contributed by atoms with Crippen LogP contribution < -0.4 is 9.64 Å². The zero-order valence-electron chi connectivity index (χ0n) is 25.9. The fourth-order valence-corrected chi connectivity index (χ4v) is 7.84. The number of fused-ring (bicyclic) bond motifs is 1. The number of piperidine rings is 1. The molecule has 6 nitrogen and oxygen atoms in total. The number of methoxy groups -OCH3 is 3. The Kier molecular flexibility index (Phi) is 10.3. The van der Waals surface area contributed by atoms with Gasteiger partial charge in [0.05, 0.1) is 13.2 Å². The van der Waals surface area contributed by atoms with Crippen molar-refractivity contribution in [2.24, 2.45) is 23.2 Å². The molecule has 1 spiro atoms. The summed E-state index contributed by atoms with van der Waals surface area (Å²) in [6, 6.07) is 16.2. The van der Waals surface area contributed by atoms with Gasteiger partial charge in [-0.3, -0.25) is 0 Å². The first-order chi connectivity index (χ1) is 19.9. The molecule has 2 aliphatic carbocycles. The predicted molar refractivity (Wildman–Crippen MR) is 164 cm³/mol. The van der Waals surface area contributed by atoms with Crippen molar-refractivity contribution >= 4 is 5.69 Å². The highest BCUT2D eigenvalue weighted by atomic mass is 16.7. The van der Waals surface area contributed by atoms with E-state index in [1.165, 1.54) is 60.9 Å². The minimum atomic E-state index is -0.0464. The van der Waals surface area contributed by atoms with Crippen LogP contribution in [-0.4, -0.2) is 60.7 Å². The lowest BCUT2D eigenvalue weighted by Crippen LogP contribution is -2.50. The summed E-state index contributed by atoms with van der Waals surface area (Å²) in [4.78, 5) is 2.59. The quantitative estimate of drug-likeness (QED) is 0.192. The topological polar surface area (TPSA) is 49.4 Å². The summed E-state index contributed by atoms with van der Waals surface area (Å²) in [7, 11) is 5.20. The largest absolute Gasteiger partial charge is 0.468 e. The van der Waals surface area contributed by atoms with Crippen molar-refractivity contribution in [2.75, 3.05) is 59.3 Å². The van der Waals surface area contributed by atoms with Gasteiger partial charge in [0.15, 0.2) is 13.1 Å².